The second-order valence-corrected chi connectivity index (χ2v) is 5.50. The van der Waals surface area contributed by atoms with Crippen molar-refractivity contribution in [2.24, 2.45) is 0 Å². The zero-order chi connectivity index (χ0) is 12.0. The van der Waals surface area contributed by atoms with Crippen molar-refractivity contribution in [3.05, 3.63) is 5.82 Å². The van der Waals surface area contributed by atoms with Crippen molar-refractivity contribution >= 4 is 10.0 Å². The normalized spacial score (nSPS) is 13.9. The fourth-order valence-electron chi connectivity index (χ4n) is 1.02. The van der Waals surface area contributed by atoms with Crippen LogP contribution in [0.4, 0.5) is 0 Å². The Kier molecular flexibility index (Phi) is 4.77. The van der Waals surface area contributed by atoms with E-state index in [2.05, 4.69) is 30.7 Å². The molecule has 0 saturated heterocycles. The maximum atomic E-state index is 11.7. The van der Waals surface area contributed by atoms with E-state index in [0.29, 0.717) is 12.4 Å². The monoisotopic (exact) mass is 248 g/mol. The first-order chi connectivity index (χ1) is 7.56. The number of H-pyrrole nitrogens is 1. The molecule has 8 nitrogen and oxygen atoms in total. The highest BCUT2D eigenvalue weighted by atomic mass is 32.2. The topological polar surface area (TPSA) is 113 Å². The van der Waals surface area contributed by atoms with Crippen LogP contribution in [-0.2, 0) is 16.6 Å². The minimum absolute atomic E-state index is 0.0509. The van der Waals surface area contributed by atoms with Crippen LogP contribution in [0.5, 0.6) is 0 Å². The Morgan fingerprint density at radius 3 is 2.81 bits per heavy atom. The Labute approximate surface area is 94.3 Å². The molecule has 1 atom stereocenters. The Balaban J connectivity index is 2.45. The number of hydrogen-bond acceptors (Lipinski definition) is 6. The molecule has 3 N–H and O–H groups in total. The van der Waals surface area contributed by atoms with Crippen molar-refractivity contribution in [1.29, 1.82) is 0 Å². The van der Waals surface area contributed by atoms with Crippen LogP contribution in [-0.4, -0.2) is 47.4 Å². The Morgan fingerprint density at radius 1 is 1.50 bits per heavy atom. The third-order valence-electron chi connectivity index (χ3n) is 2.03. The summed E-state index contributed by atoms with van der Waals surface area (Å²) in [5.41, 5.74) is 0. The van der Waals surface area contributed by atoms with Gasteiger partial charge >= 0.3 is 0 Å². The van der Waals surface area contributed by atoms with E-state index >= 15 is 0 Å². The summed E-state index contributed by atoms with van der Waals surface area (Å²) in [6, 6.07) is 0. The lowest BCUT2D eigenvalue weighted by atomic mass is 10.5. The number of nitrogens with one attached hydrogen (secondary N) is 3. The largest absolute Gasteiger partial charge is 0.316 e. The van der Waals surface area contributed by atoms with Crippen molar-refractivity contribution in [1.82, 2.24) is 30.7 Å². The molecule has 9 heteroatoms. The molecule has 0 aliphatic heterocycles. The van der Waals surface area contributed by atoms with Gasteiger partial charge in [0.1, 0.15) is 0 Å². The molecule has 0 bridgehead atoms. The SMILES string of the molecule is CCNCC(C)S(=O)(=O)NCc1nn[nH]n1. The highest BCUT2D eigenvalue weighted by molar-refractivity contribution is 7.90. The van der Waals surface area contributed by atoms with Crippen LogP contribution in [0.2, 0.25) is 0 Å². The van der Waals surface area contributed by atoms with E-state index in [-0.39, 0.29) is 6.54 Å². The van der Waals surface area contributed by atoms with Gasteiger partial charge in [-0.3, -0.25) is 0 Å². The summed E-state index contributed by atoms with van der Waals surface area (Å²) in [4.78, 5) is 0. The van der Waals surface area contributed by atoms with Crippen LogP contribution >= 0.6 is 0 Å². The number of hydrogen-bond donors (Lipinski definition) is 3. The van der Waals surface area contributed by atoms with Gasteiger partial charge in [0.25, 0.3) is 0 Å². The van der Waals surface area contributed by atoms with Crippen molar-refractivity contribution in [2.75, 3.05) is 13.1 Å². The number of rotatable bonds is 7. The van der Waals surface area contributed by atoms with Crippen molar-refractivity contribution < 1.29 is 8.42 Å². The van der Waals surface area contributed by atoms with Gasteiger partial charge in [-0.2, -0.15) is 5.21 Å². The van der Waals surface area contributed by atoms with Gasteiger partial charge in [-0.05, 0) is 13.5 Å². The van der Waals surface area contributed by atoms with Gasteiger partial charge in [0.05, 0.1) is 11.8 Å². The first kappa shape index (κ1) is 13.0. The summed E-state index contributed by atoms with van der Waals surface area (Å²) in [6.07, 6.45) is 0. The van der Waals surface area contributed by atoms with Crippen molar-refractivity contribution in [3.8, 4) is 0 Å². The van der Waals surface area contributed by atoms with E-state index in [4.69, 9.17) is 0 Å². The second-order valence-electron chi connectivity index (χ2n) is 3.31. The summed E-state index contributed by atoms with van der Waals surface area (Å²) in [6.45, 7) is 4.77. The molecule has 0 fully saturated rings. The molecular formula is C7H16N6O2S. The molecule has 16 heavy (non-hydrogen) atoms. The smallest absolute Gasteiger partial charge is 0.215 e. The summed E-state index contributed by atoms with van der Waals surface area (Å²) in [5.74, 6) is 0.319. The lowest BCUT2D eigenvalue weighted by Crippen LogP contribution is -2.38. The molecule has 0 aliphatic rings. The van der Waals surface area contributed by atoms with Gasteiger partial charge < -0.3 is 5.32 Å². The number of tetrazole rings is 1. The summed E-state index contributed by atoms with van der Waals surface area (Å²) in [5, 5.41) is 15.4. The quantitative estimate of drug-likeness (QED) is 0.548. The van der Waals surface area contributed by atoms with E-state index in [1.807, 2.05) is 6.92 Å². The third-order valence-corrected chi connectivity index (χ3v) is 3.80. The molecule has 92 valence electrons. The maximum Gasteiger partial charge on any atom is 0.215 e. The first-order valence-electron chi connectivity index (χ1n) is 4.97. The van der Waals surface area contributed by atoms with E-state index in [9.17, 15) is 8.42 Å². The molecular weight excluding hydrogens is 232 g/mol. The summed E-state index contributed by atoms with van der Waals surface area (Å²) >= 11 is 0. The fraction of sp³-hybridized carbons (Fsp3) is 0.857. The first-order valence-corrected chi connectivity index (χ1v) is 6.52. The number of sulfonamides is 1. The Bertz CT molecular complexity index is 389. The zero-order valence-electron chi connectivity index (χ0n) is 9.27. The molecule has 0 amide bonds. The molecule has 0 aromatic carbocycles. The lowest BCUT2D eigenvalue weighted by Gasteiger charge is -2.13. The molecule has 1 heterocycles. The molecule has 0 aliphatic carbocycles. The predicted octanol–water partition coefficient (Wildman–Crippen LogP) is -1.38. The van der Waals surface area contributed by atoms with Crippen LogP contribution in [0.15, 0.2) is 0 Å². The maximum absolute atomic E-state index is 11.7. The van der Waals surface area contributed by atoms with Crippen LogP contribution < -0.4 is 10.0 Å². The minimum Gasteiger partial charge on any atom is -0.316 e. The molecule has 1 unspecified atom stereocenters. The van der Waals surface area contributed by atoms with Crippen LogP contribution in [0.3, 0.4) is 0 Å². The van der Waals surface area contributed by atoms with E-state index in [1.165, 1.54) is 0 Å². The average Bonchev–Trinajstić information content (AvgIpc) is 2.76. The van der Waals surface area contributed by atoms with Gasteiger partial charge in [-0.15, -0.1) is 10.2 Å². The standard InChI is InChI=1S/C7H16N6O2S/c1-3-8-4-6(2)16(14,15)9-5-7-10-12-13-11-7/h6,8-9H,3-5H2,1-2H3,(H,10,11,12,13). The average molecular weight is 248 g/mol. The number of nitrogens with zero attached hydrogens (tertiary/aromatic N) is 3. The van der Waals surface area contributed by atoms with E-state index < -0.39 is 15.3 Å². The zero-order valence-corrected chi connectivity index (χ0v) is 10.1. The highest BCUT2D eigenvalue weighted by Crippen LogP contribution is 1.97. The fourth-order valence-corrected chi connectivity index (χ4v) is 1.97. The van der Waals surface area contributed by atoms with Gasteiger partial charge in [-0.25, -0.2) is 13.1 Å². The second kappa shape index (κ2) is 5.87. The van der Waals surface area contributed by atoms with E-state index in [1.54, 1.807) is 6.92 Å². The minimum atomic E-state index is -3.34. The lowest BCUT2D eigenvalue weighted by molar-refractivity contribution is 0.558. The molecule has 0 saturated carbocycles. The third kappa shape index (κ3) is 3.83. The number of aromatic nitrogens is 4. The van der Waals surface area contributed by atoms with Gasteiger partial charge in [-0.1, -0.05) is 12.1 Å². The molecule has 1 aromatic rings. The summed E-state index contributed by atoms with van der Waals surface area (Å²) < 4.78 is 25.8. The Morgan fingerprint density at radius 2 is 2.25 bits per heavy atom. The van der Waals surface area contributed by atoms with Crippen LogP contribution in [0.25, 0.3) is 0 Å². The molecule has 0 spiro atoms. The number of aromatic amines is 1. The molecule has 0 radical (unpaired) electrons. The Hall–Kier alpha value is -1.06. The highest BCUT2D eigenvalue weighted by Gasteiger charge is 2.20. The van der Waals surface area contributed by atoms with E-state index in [0.717, 1.165) is 6.54 Å². The van der Waals surface area contributed by atoms with Crippen LogP contribution in [0.1, 0.15) is 19.7 Å². The molecule has 1 aromatic heterocycles. The predicted molar refractivity (Wildman–Crippen MR) is 57.9 cm³/mol. The van der Waals surface area contributed by atoms with Crippen molar-refractivity contribution in [3.63, 3.8) is 0 Å². The molecule has 1 rings (SSSR count). The van der Waals surface area contributed by atoms with Gasteiger partial charge in [0.15, 0.2) is 5.82 Å². The van der Waals surface area contributed by atoms with Crippen LogP contribution in [0, 0.1) is 0 Å². The summed E-state index contributed by atoms with van der Waals surface area (Å²) in [7, 11) is -3.34. The van der Waals surface area contributed by atoms with Gasteiger partial charge in [0, 0.05) is 6.54 Å². The van der Waals surface area contributed by atoms with Crippen molar-refractivity contribution in [2.45, 2.75) is 25.6 Å². The van der Waals surface area contributed by atoms with Gasteiger partial charge in [0.2, 0.25) is 10.0 Å².